The fourth-order valence-corrected chi connectivity index (χ4v) is 4.01. The molecular formula is C27H36ClN3O5. The number of hydrogen-bond acceptors (Lipinski definition) is 5. The van der Waals surface area contributed by atoms with Crippen molar-refractivity contribution in [3.05, 3.63) is 58.6 Å². The standard InChI is InChI=1S/C27H36ClN3O5/c1-16(2)14-21(29-26(35)36-27(4,5)6)25(34)31(7)23(18-11-9-12-19(32)15-18)24(33)30-22-17(3)10-8-13-20(22)28/h8-13,15-16,21,23,32H,14H2,1-7H3,(H,29,35)(H,30,33). The Labute approximate surface area is 218 Å². The highest BCUT2D eigenvalue weighted by atomic mass is 35.5. The second-order valence-corrected chi connectivity index (χ2v) is 10.6. The molecule has 0 heterocycles. The molecule has 2 atom stereocenters. The smallest absolute Gasteiger partial charge is 0.408 e. The van der Waals surface area contributed by atoms with Crippen LogP contribution in [0, 0.1) is 12.8 Å². The lowest BCUT2D eigenvalue weighted by molar-refractivity contribution is -0.139. The van der Waals surface area contributed by atoms with Crippen LogP contribution in [0.3, 0.4) is 0 Å². The molecule has 0 bridgehead atoms. The molecule has 0 saturated heterocycles. The van der Waals surface area contributed by atoms with Gasteiger partial charge in [0.2, 0.25) is 5.91 Å². The van der Waals surface area contributed by atoms with Crippen molar-refractivity contribution < 1.29 is 24.2 Å². The van der Waals surface area contributed by atoms with Crippen molar-refractivity contribution in [2.45, 2.75) is 65.6 Å². The van der Waals surface area contributed by atoms with E-state index < -0.39 is 35.6 Å². The predicted octanol–water partition coefficient (Wildman–Crippen LogP) is 5.43. The third-order valence-corrected chi connectivity index (χ3v) is 5.65. The van der Waals surface area contributed by atoms with Crippen molar-refractivity contribution >= 4 is 35.2 Å². The van der Waals surface area contributed by atoms with Gasteiger partial charge in [0.05, 0.1) is 10.7 Å². The molecule has 3 amide bonds. The summed E-state index contributed by atoms with van der Waals surface area (Å²) in [6, 6.07) is 9.33. The molecule has 0 saturated carbocycles. The number of phenols is 1. The first-order valence-electron chi connectivity index (χ1n) is 11.8. The van der Waals surface area contributed by atoms with Crippen LogP contribution in [0.25, 0.3) is 0 Å². The Balaban J connectivity index is 2.42. The number of nitrogens with zero attached hydrogens (tertiary/aromatic N) is 1. The highest BCUT2D eigenvalue weighted by molar-refractivity contribution is 6.34. The molecule has 0 aliphatic rings. The molecule has 0 aliphatic heterocycles. The van der Waals surface area contributed by atoms with E-state index in [0.717, 1.165) is 5.56 Å². The number of likely N-dealkylation sites (N-methyl/N-ethyl adjacent to an activating group) is 1. The number of ether oxygens (including phenoxy) is 1. The predicted molar refractivity (Wildman–Crippen MR) is 141 cm³/mol. The first-order chi connectivity index (χ1) is 16.7. The van der Waals surface area contributed by atoms with Crippen LogP contribution in [-0.2, 0) is 14.3 Å². The highest BCUT2D eigenvalue weighted by Crippen LogP contribution is 2.30. The van der Waals surface area contributed by atoms with E-state index in [1.165, 1.54) is 24.1 Å². The first kappa shape index (κ1) is 29.0. The van der Waals surface area contributed by atoms with Gasteiger partial charge in [0.15, 0.2) is 0 Å². The Kier molecular flexibility index (Phi) is 9.76. The van der Waals surface area contributed by atoms with Gasteiger partial charge in [-0.15, -0.1) is 0 Å². The Morgan fingerprint density at radius 1 is 1.11 bits per heavy atom. The molecule has 196 valence electrons. The fraction of sp³-hybridized carbons (Fsp3) is 0.444. The molecule has 9 heteroatoms. The van der Waals surface area contributed by atoms with Crippen molar-refractivity contribution in [1.82, 2.24) is 10.2 Å². The van der Waals surface area contributed by atoms with Crippen LogP contribution >= 0.6 is 11.6 Å². The Morgan fingerprint density at radius 3 is 2.31 bits per heavy atom. The zero-order chi connectivity index (χ0) is 27.2. The summed E-state index contributed by atoms with van der Waals surface area (Å²) in [6.07, 6.45) is -0.389. The molecule has 2 unspecified atom stereocenters. The lowest BCUT2D eigenvalue weighted by Crippen LogP contribution is -2.51. The maximum Gasteiger partial charge on any atom is 0.408 e. The maximum atomic E-state index is 13.7. The number of nitrogens with one attached hydrogen (secondary N) is 2. The van der Waals surface area contributed by atoms with Gasteiger partial charge >= 0.3 is 6.09 Å². The van der Waals surface area contributed by atoms with Gasteiger partial charge in [0.1, 0.15) is 23.4 Å². The quantitative estimate of drug-likeness (QED) is 0.432. The maximum absolute atomic E-state index is 13.7. The minimum atomic E-state index is -1.12. The summed E-state index contributed by atoms with van der Waals surface area (Å²) >= 11 is 6.31. The number of halogens is 1. The van der Waals surface area contributed by atoms with Crippen LogP contribution in [0.1, 0.15) is 58.2 Å². The van der Waals surface area contributed by atoms with Gasteiger partial charge in [-0.1, -0.05) is 49.7 Å². The molecule has 36 heavy (non-hydrogen) atoms. The SMILES string of the molecule is Cc1cccc(Cl)c1NC(=O)C(c1cccc(O)c1)N(C)C(=O)C(CC(C)C)NC(=O)OC(C)(C)C. The van der Waals surface area contributed by atoms with Crippen LogP contribution in [0.5, 0.6) is 5.75 Å². The van der Waals surface area contributed by atoms with Gasteiger partial charge in [-0.25, -0.2) is 4.79 Å². The number of anilines is 1. The summed E-state index contributed by atoms with van der Waals surface area (Å²) in [5, 5.41) is 15.9. The van der Waals surface area contributed by atoms with E-state index in [0.29, 0.717) is 22.7 Å². The number of aromatic hydroxyl groups is 1. The minimum Gasteiger partial charge on any atom is -0.508 e. The number of benzene rings is 2. The zero-order valence-electron chi connectivity index (χ0n) is 21.9. The lowest BCUT2D eigenvalue weighted by atomic mass is 9.99. The average molecular weight is 518 g/mol. The van der Waals surface area contributed by atoms with E-state index in [9.17, 15) is 19.5 Å². The molecule has 0 radical (unpaired) electrons. The van der Waals surface area contributed by atoms with Gasteiger partial charge in [-0.2, -0.15) is 0 Å². The van der Waals surface area contributed by atoms with E-state index in [1.54, 1.807) is 45.0 Å². The Bertz CT molecular complexity index is 1080. The third kappa shape index (κ3) is 8.16. The largest absolute Gasteiger partial charge is 0.508 e. The number of amides is 3. The second-order valence-electron chi connectivity index (χ2n) is 10.2. The van der Waals surface area contributed by atoms with Crippen molar-refractivity contribution in [3.63, 3.8) is 0 Å². The molecule has 2 rings (SSSR count). The average Bonchev–Trinajstić information content (AvgIpc) is 2.74. The van der Waals surface area contributed by atoms with Crippen molar-refractivity contribution in [2.24, 2.45) is 5.92 Å². The number of carbonyl (C=O) groups excluding carboxylic acids is 3. The summed E-state index contributed by atoms with van der Waals surface area (Å²) in [6.45, 7) is 10.9. The van der Waals surface area contributed by atoms with Crippen LogP contribution < -0.4 is 10.6 Å². The number of hydrogen-bond donors (Lipinski definition) is 3. The molecule has 8 nitrogen and oxygen atoms in total. The molecule has 0 aromatic heterocycles. The molecule has 3 N–H and O–H groups in total. The number of para-hydroxylation sites is 1. The van der Waals surface area contributed by atoms with Crippen LogP contribution in [-0.4, -0.2) is 46.6 Å². The van der Waals surface area contributed by atoms with E-state index >= 15 is 0 Å². The van der Waals surface area contributed by atoms with E-state index in [4.69, 9.17) is 16.3 Å². The topological polar surface area (TPSA) is 108 Å². The van der Waals surface area contributed by atoms with Gasteiger partial charge in [-0.05, 0) is 69.4 Å². The number of aryl methyl sites for hydroxylation is 1. The number of alkyl carbamates (subject to hydrolysis) is 1. The van der Waals surface area contributed by atoms with Crippen LogP contribution in [0.2, 0.25) is 5.02 Å². The summed E-state index contributed by atoms with van der Waals surface area (Å²) in [7, 11) is 1.49. The summed E-state index contributed by atoms with van der Waals surface area (Å²) in [5.41, 5.74) is 0.844. The minimum absolute atomic E-state index is 0.0503. The first-order valence-corrected chi connectivity index (χ1v) is 12.2. The Morgan fingerprint density at radius 2 is 1.75 bits per heavy atom. The number of rotatable bonds is 8. The normalized spacial score (nSPS) is 13.0. The van der Waals surface area contributed by atoms with E-state index in [-0.39, 0.29) is 11.7 Å². The van der Waals surface area contributed by atoms with Crippen LogP contribution in [0.4, 0.5) is 10.5 Å². The molecule has 0 fully saturated rings. The Hall–Kier alpha value is -3.26. The molecule has 0 spiro atoms. The fourth-order valence-electron chi connectivity index (χ4n) is 3.74. The van der Waals surface area contributed by atoms with Gasteiger partial charge in [0.25, 0.3) is 5.91 Å². The molecule has 0 aliphatic carbocycles. The van der Waals surface area contributed by atoms with Crippen LogP contribution in [0.15, 0.2) is 42.5 Å². The summed E-state index contributed by atoms with van der Waals surface area (Å²) in [4.78, 5) is 41.0. The summed E-state index contributed by atoms with van der Waals surface area (Å²) < 4.78 is 5.35. The number of phenolic OH excluding ortho intramolecular Hbond substituents is 1. The van der Waals surface area contributed by atoms with Gasteiger partial charge < -0.3 is 25.4 Å². The number of carbonyl (C=O) groups is 3. The summed E-state index contributed by atoms with van der Waals surface area (Å²) in [5.74, 6) is -0.978. The van der Waals surface area contributed by atoms with Gasteiger partial charge in [-0.3, -0.25) is 9.59 Å². The van der Waals surface area contributed by atoms with Gasteiger partial charge in [0, 0.05) is 7.05 Å². The van der Waals surface area contributed by atoms with E-state index in [2.05, 4.69) is 10.6 Å². The monoisotopic (exact) mass is 517 g/mol. The molecule has 2 aromatic rings. The zero-order valence-corrected chi connectivity index (χ0v) is 22.6. The van der Waals surface area contributed by atoms with Crippen molar-refractivity contribution in [3.8, 4) is 5.75 Å². The van der Waals surface area contributed by atoms with E-state index in [1.807, 2.05) is 26.8 Å². The van der Waals surface area contributed by atoms with Crippen molar-refractivity contribution in [2.75, 3.05) is 12.4 Å². The lowest BCUT2D eigenvalue weighted by Gasteiger charge is -2.32. The molecular weight excluding hydrogens is 482 g/mol. The molecule has 2 aromatic carbocycles. The van der Waals surface area contributed by atoms with Crippen molar-refractivity contribution in [1.29, 1.82) is 0 Å². The third-order valence-electron chi connectivity index (χ3n) is 5.34. The second kappa shape index (κ2) is 12.1. The highest BCUT2D eigenvalue weighted by Gasteiger charge is 2.35.